The molecule has 1 heterocycles. The fraction of sp³-hybridized carbons (Fsp3) is 0.526. The molecule has 1 aliphatic heterocycles. The topological polar surface area (TPSA) is 75.7 Å². The summed E-state index contributed by atoms with van der Waals surface area (Å²) in [6, 6.07) is 7.40. The average molecular weight is 344 g/mol. The molecule has 1 N–H and O–H groups in total. The lowest BCUT2D eigenvalue weighted by Crippen LogP contribution is -2.42. The highest BCUT2D eigenvalue weighted by atomic mass is 16.5. The molecule has 6 heteroatoms. The minimum Gasteiger partial charge on any atom is -0.497 e. The number of hydrogen-bond acceptors (Lipinski definition) is 4. The van der Waals surface area contributed by atoms with E-state index in [1.165, 1.54) is 0 Å². The first kappa shape index (κ1) is 17.5. The monoisotopic (exact) mass is 344 g/mol. The van der Waals surface area contributed by atoms with E-state index < -0.39 is 5.41 Å². The molecule has 1 aliphatic carbocycles. The molecule has 1 saturated heterocycles. The van der Waals surface area contributed by atoms with Gasteiger partial charge >= 0.3 is 0 Å². The largest absolute Gasteiger partial charge is 0.497 e. The van der Waals surface area contributed by atoms with Crippen molar-refractivity contribution in [1.29, 1.82) is 0 Å². The first-order chi connectivity index (χ1) is 12.0. The van der Waals surface area contributed by atoms with Crippen molar-refractivity contribution in [2.45, 2.75) is 45.1 Å². The number of rotatable bonds is 5. The van der Waals surface area contributed by atoms with E-state index in [1.54, 1.807) is 7.11 Å². The number of benzene rings is 1. The summed E-state index contributed by atoms with van der Waals surface area (Å²) in [5, 5.41) is 2.77. The summed E-state index contributed by atoms with van der Waals surface area (Å²) < 4.78 is 5.15. The van der Waals surface area contributed by atoms with Crippen LogP contribution in [0.4, 0.5) is 0 Å². The number of nitrogens with one attached hydrogen (secondary N) is 1. The summed E-state index contributed by atoms with van der Waals surface area (Å²) in [4.78, 5) is 38.3. The molecule has 25 heavy (non-hydrogen) atoms. The van der Waals surface area contributed by atoms with Gasteiger partial charge in [-0.05, 0) is 30.5 Å². The van der Waals surface area contributed by atoms with Crippen LogP contribution < -0.4 is 10.1 Å². The molecule has 3 amide bonds. The molecule has 2 fully saturated rings. The molecule has 134 valence electrons. The summed E-state index contributed by atoms with van der Waals surface area (Å²) in [5.41, 5.74) is 0.359. The zero-order chi connectivity index (χ0) is 17.9. The van der Waals surface area contributed by atoms with Gasteiger partial charge in [-0.3, -0.25) is 19.3 Å². The number of imide groups is 1. The van der Waals surface area contributed by atoms with E-state index in [0.29, 0.717) is 6.54 Å². The van der Waals surface area contributed by atoms with Crippen molar-refractivity contribution in [2.75, 3.05) is 13.7 Å². The van der Waals surface area contributed by atoms with E-state index in [9.17, 15) is 14.4 Å². The van der Waals surface area contributed by atoms with Crippen LogP contribution in [-0.2, 0) is 20.9 Å². The molecular formula is C19H24N2O4. The van der Waals surface area contributed by atoms with E-state index in [4.69, 9.17) is 4.74 Å². The van der Waals surface area contributed by atoms with Crippen LogP contribution in [0.3, 0.4) is 0 Å². The van der Waals surface area contributed by atoms with Gasteiger partial charge in [0.15, 0.2) is 0 Å². The first-order valence-corrected chi connectivity index (χ1v) is 8.78. The second-order valence-corrected chi connectivity index (χ2v) is 6.93. The number of ether oxygens (including phenoxy) is 1. The first-order valence-electron chi connectivity index (χ1n) is 8.78. The highest BCUT2D eigenvalue weighted by molar-refractivity contribution is 6.08. The molecule has 0 bridgehead atoms. The van der Waals surface area contributed by atoms with E-state index >= 15 is 0 Å². The summed E-state index contributed by atoms with van der Waals surface area (Å²) >= 11 is 0. The summed E-state index contributed by atoms with van der Waals surface area (Å²) in [5.74, 6) is 0.0189. The second-order valence-electron chi connectivity index (χ2n) is 6.93. The molecule has 2 aliphatic rings. The number of likely N-dealkylation sites (tertiary alicyclic amines) is 1. The Bertz CT molecular complexity index is 680. The lowest BCUT2D eigenvalue weighted by Gasteiger charge is -2.30. The normalized spacial score (nSPS) is 19.3. The van der Waals surface area contributed by atoms with Crippen LogP contribution in [0.15, 0.2) is 24.3 Å². The van der Waals surface area contributed by atoms with Gasteiger partial charge in [0.05, 0.1) is 12.5 Å². The van der Waals surface area contributed by atoms with Gasteiger partial charge in [-0.15, -0.1) is 0 Å². The van der Waals surface area contributed by atoms with Crippen LogP contribution in [-0.4, -0.2) is 36.3 Å². The van der Waals surface area contributed by atoms with Crippen LogP contribution in [0.25, 0.3) is 0 Å². The van der Waals surface area contributed by atoms with E-state index in [-0.39, 0.29) is 30.7 Å². The van der Waals surface area contributed by atoms with E-state index in [1.807, 2.05) is 24.3 Å². The van der Waals surface area contributed by atoms with Gasteiger partial charge in [-0.1, -0.05) is 31.4 Å². The van der Waals surface area contributed by atoms with Crippen LogP contribution in [0, 0.1) is 5.41 Å². The molecule has 0 atom stereocenters. The maximum atomic E-state index is 12.7. The van der Waals surface area contributed by atoms with Gasteiger partial charge in [-0.2, -0.15) is 0 Å². The Labute approximate surface area is 147 Å². The summed E-state index contributed by atoms with van der Waals surface area (Å²) in [7, 11) is 1.59. The van der Waals surface area contributed by atoms with Crippen LogP contribution in [0.1, 0.15) is 44.1 Å². The third kappa shape index (κ3) is 3.67. The fourth-order valence-corrected chi connectivity index (χ4v) is 3.82. The molecule has 3 rings (SSSR count). The second kappa shape index (κ2) is 7.25. The Hall–Kier alpha value is -2.37. The minimum absolute atomic E-state index is 0.159. The predicted octanol–water partition coefficient (Wildman–Crippen LogP) is 2.02. The van der Waals surface area contributed by atoms with Crippen molar-refractivity contribution in [3.05, 3.63) is 29.8 Å². The molecule has 0 aromatic heterocycles. The molecule has 0 radical (unpaired) electrons. The van der Waals surface area contributed by atoms with Crippen LogP contribution in [0.5, 0.6) is 5.75 Å². The summed E-state index contributed by atoms with van der Waals surface area (Å²) in [6.07, 6.45) is 4.86. The number of methoxy groups -OCH3 is 1. The molecule has 1 aromatic carbocycles. The molecule has 1 saturated carbocycles. The number of carbonyl (C=O) groups excluding carboxylic acids is 3. The molecule has 0 unspecified atom stereocenters. The average Bonchev–Trinajstić information content (AvgIpc) is 2.85. The maximum Gasteiger partial charge on any atom is 0.240 e. The highest BCUT2D eigenvalue weighted by Gasteiger charge is 2.51. The van der Waals surface area contributed by atoms with Gasteiger partial charge in [0.2, 0.25) is 17.7 Å². The molecule has 1 aromatic rings. The smallest absolute Gasteiger partial charge is 0.240 e. The Morgan fingerprint density at radius 1 is 1.24 bits per heavy atom. The zero-order valence-electron chi connectivity index (χ0n) is 14.5. The highest BCUT2D eigenvalue weighted by Crippen LogP contribution is 2.45. The molecular weight excluding hydrogens is 320 g/mol. The maximum absolute atomic E-state index is 12.7. The third-order valence-corrected chi connectivity index (χ3v) is 5.23. The Morgan fingerprint density at radius 3 is 2.72 bits per heavy atom. The van der Waals surface area contributed by atoms with E-state index in [0.717, 1.165) is 48.3 Å². The van der Waals surface area contributed by atoms with Gasteiger partial charge in [-0.25, -0.2) is 0 Å². The Kier molecular flexibility index (Phi) is 5.06. The predicted molar refractivity (Wildman–Crippen MR) is 91.7 cm³/mol. The fourth-order valence-electron chi connectivity index (χ4n) is 3.82. The molecule has 1 spiro atoms. The van der Waals surface area contributed by atoms with Crippen LogP contribution >= 0.6 is 0 Å². The van der Waals surface area contributed by atoms with Crippen molar-refractivity contribution >= 4 is 17.7 Å². The van der Waals surface area contributed by atoms with Gasteiger partial charge in [0, 0.05) is 13.0 Å². The van der Waals surface area contributed by atoms with E-state index in [2.05, 4.69) is 5.32 Å². The lowest BCUT2D eigenvalue weighted by atomic mass is 9.73. The number of nitrogens with zero attached hydrogens (tertiary/aromatic N) is 1. The quantitative estimate of drug-likeness (QED) is 0.829. The third-order valence-electron chi connectivity index (χ3n) is 5.23. The van der Waals surface area contributed by atoms with Crippen molar-refractivity contribution in [1.82, 2.24) is 10.2 Å². The standard InChI is InChI=1S/C19H24N2O4/c1-25-15-7-5-6-14(10-15)12-20-16(22)13-21-17(23)11-19(18(21)24)8-3-2-4-9-19/h5-7,10H,2-4,8-9,11-13H2,1H3,(H,20,22). The summed E-state index contributed by atoms with van der Waals surface area (Å²) in [6.45, 7) is 0.140. The van der Waals surface area contributed by atoms with Crippen LogP contribution in [0.2, 0.25) is 0 Å². The van der Waals surface area contributed by atoms with Crippen molar-refractivity contribution in [3.63, 3.8) is 0 Å². The number of carbonyl (C=O) groups is 3. The lowest BCUT2D eigenvalue weighted by molar-refractivity contribution is -0.145. The Balaban J connectivity index is 1.57. The SMILES string of the molecule is COc1cccc(CNC(=O)CN2C(=O)CC3(CCCCC3)C2=O)c1. The Morgan fingerprint density at radius 2 is 2.00 bits per heavy atom. The molecule has 6 nitrogen and oxygen atoms in total. The number of hydrogen-bond donors (Lipinski definition) is 1. The van der Waals surface area contributed by atoms with Crippen molar-refractivity contribution in [2.24, 2.45) is 5.41 Å². The zero-order valence-corrected chi connectivity index (χ0v) is 14.5. The number of amides is 3. The van der Waals surface area contributed by atoms with Gasteiger partial charge < -0.3 is 10.1 Å². The van der Waals surface area contributed by atoms with Crippen molar-refractivity contribution < 1.29 is 19.1 Å². The minimum atomic E-state index is -0.539. The van der Waals surface area contributed by atoms with Gasteiger partial charge in [0.1, 0.15) is 12.3 Å². The van der Waals surface area contributed by atoms with Gasteiger partial charge in [0.25, 0.3) is 0 Å². The van der Waals surface area contributed by atoms with Crippen molar-refractivity contribution in [3.8, 4) is 5.75 Å².